The Kier molecular flexibility index (Phi) is 6.19. The number of hydrogen-bond acceptors (Lipinski definition) is 4. The summed E-state index contributed by atoms with van der Waals surface area (Å²) in [4.78, 5) is 33.9. The van der Waals surface area contributed by atoms with Gasteiger partial charge in [-0.1, -0.05) is 12.1 Å². The van der Waals surface area contributed by atoms with Crippen LogP contribution in [0.25, 0.3) is 0 Å². The number of carbonyl (C=O) groups is 3. The Labute approximate surface area is 147 Å². The van der Waals surface area contributed by atoms with Gasteiger partial charge in [-0.05, 0) is 42.0 Å². The standard InChI is InChI=1S/C18H17NO5S/c1-12(20)19-16-8-6-14(7-9-16)17(21)11-25(24)10-13-2-4-15(5-3-13)18(22)23/h2-9H,10-11H2,1H3,(H,19,20)(H,22,23). The second-order valence-electron chi connectivity index (χ2n) is 5.41. The van der Waals surface area contributed by atoms with Gasteiger partial charge < -0.3 is 10.4 Å². The van der Waals surface area contributed by atoms with Crippen LogP contribution in [0.1, 0.15) is 33.2 Å². The van der Waals surface area contributed by atoms with E-state index in [0.717, 1.165) is 0 Å². The lowest BCUT2D eigenvalue weighted by molar-refractivity contribution is -0.114. The summed E-state index contributed by atoms with van der Waals surface area (Å²) in [6.45, 7) is 1.39. The van der Waals surface area contributed by atoms with Gasteiger partial charge in [-0.2, -0.15) is 0 Å². The van der Waals surface area contributed by atoms with E-state index in [9.17, 15) is 18.6 Å². The van der Waals surface area contributed by atoms with Gasteiger partial charge in [0, 0.05) is 34.7 Å². The maximum absolute atomic E-state index is 12.2. The average Bonchev–Trinajstić information content (AvgIpc) is 2.55. The quantitative estimate of drug-likeness (QED) is 0.740. The van der Waals surface area contributed by atoms with E-state index >= 15 is 0 Å². The topological polar surface area (TPSA) is 101 Å². The van der Waals surface area contributed by atoms with Crippen LogP contribution in [-0.2, 0) is 21.3 Å². The summed E-state index contributed by atoms with van der Waals surface area (Å²) >= 11 is 0. The first-order chi connectivity index (χ1) is 11.8. The number of Topliss-reactive ketones (excluding diaryl/α,β-unsaturated/α-hetero) is 1. The van der Waals surface area contributed by atoms with Crippen LogP contribution in [0.2, 0.25) is 0 Å². The molecule has 0 bridgehead atoms. The molecule has 0 aliphatic heterocycles. The van der Waals surface area contributed by atoms with Gasteiger partial charge in [0.25, 0.3) is 0 Å². The average molecular weight is 359 g/mol. The van der Waals surface area contributed by atoms with Crippen LogP contribution >= 0.6 is 0 Å². The van der Waals surface area contributed by atoms with E-state index in [0.29, 0.717) is 16.8 Å². The molecule has 2 aromatic carbocycles. The fourth-order valence-corrected chi connectivity index (χ4v) is 3.28. The Morgan fingerprint density at radius 1 is 0.960 bits per heavy atom. The molecule has 0 saturated heterocycles. The van der Waals surface area contributed by atoms with Crippen LogP contribution in [0.5, 0.6) is 0 Å². The van der Waals surface area contributed by atoms with Crippen molar-refractivity contribution >= 4 is 34.1 Å². The van der Waals surface area contributed by atoms with E-state index in [-0.39, 0.29) is 28.8 Å². The van der Waals surface area contributed by atoms with Crippen molar-refractivity contribution in [3.05, 3.63) is 65.2 Å². The summed E-state index contributed by atoms with van der Waals surface area (Å²) in [7, 11) is -1.40. The van der Waals surface area contributed by atoms with Gasteiger partial charge in [-0.3, -0.25) is 13.8 Å². The van der Waals surface area contributed by atoms with Gasteiger partial charge in [-0.25, -0.2) is 4.79 Å². The first-order valence-corrected chi connectivity index (χ1v) is 8.92. The predicted molar refractivity (Wildman–Crippen MR) is 95.2 cm³/mol. The Hall–Kier alpha value is -2.80. The predicted octanol–water partition coefficient (Wildman–Crippen LogP) is 2.47. The molecule has 0 aromatic heterocycles. The highest BCUT2D eigenvalue weighted by atomic mass is 32.2. The fourth-order valence-electron chi connectivity index (χ4n) is 2.15. The Morgan fingerprint density at radius 3 is 2.04 bits per heavy atom. The Balaban J connectivity index is 1.94. The summed E-state index contributed by atoms with van der Waals surface area (Å²) in [5.74, 6) is -1.43. The summed E-state index contributed by atoms with van der Waals surface area (Å²) in [6, 6.07) is 12.4. The molecule has 0 aliphatic rings. The van der Waals surface area contributed by atoms with Crippen molar-refractivity contribution < 1.29 is 23.7 Å². The normalized spacial score (nSPS) is 11.6. The van der Waals surface area contributed by atoms with Crippen molar-refractivity contribution in [1.82, 2.24) is 0 Å². The number of carboxylic acids is 1. The number of carbonyl (C=O) groups excluding carboxylic acids is 2. The van der Waals surface area contributed by atoms with E-state index in [2.05, 4.69) is 5.32 Å². The van der Waals surface area contributed by atoms with Crippen LogP contribution in [0.15, 0.2) is 48.5 Å². The van der Waals surface area contributed by atoms with Crippen LogP contribution in [0, 0.1) is 0 Å². The molecule has 2 N–H and O–H groups in total. The van der Waals surface area contributed by atoms with Crippen LogP contribution in [0.3, 0.4) is 0 Å². The van der Waals surface area contributed by atoms with Crippen LogP contribution < -0.4 is 5.32 Å². The number of nitrogens with one attached hydrogen (secondary N) is 1. The van der Waals surface area contributed by atoms with Gasteiger partial charge in [-0.15, -0.1) is 0 Å². The zero-order chi connectivity index (χ0) is 18.4. The second-order valence-corrected chi connectivity index (χ2v) is 6.87. The van der Waals surface area contributed by atoms with Crippen LogP contribution in [-0.4, -0.2) is 32.7 Å². The number of anilines is 1. The molecular formula is C18H17NO5S. The molecule has 0 fully saturated rings. The molecule has 2 aromatic rings. The van der Waals surface area contributed by atoms with E-state index < -0.39 is 16.8 Å². The minimum atomic E-state index is -1.40. The van der Waals surface area contributed by atoms with Crippen LogP contribution in [0.4, 0.5) is 5.69 Å². The van der Waals surface area contributed by atoms with Crippen molar-refractivity contribution in [3.63, 3.8) is 0 Å². The number of amides is 1. The van der Waals surface area contributed by atoms with E-state index in [4.69, 9.17) is 5.11 Å². The summed E-state index contributed by atoms with van der Waals surface area (Å²) < 4.78 is 12.1. The molecule has 1 amide bonds. The van der Waals surface area contributed by atoms with Crippen molar-refractivity contribution in [2.75, 3.05) is 11.1 Å². The molecule has 1 unspecified atom stereocenters. The molecule has 0 aliphatic carbocycles. The van der Waals surface area contributed by atoms with Gasteiger partial charge in [0.1, 0.15) is 0 Å². The third-order valence-electron chi connectivity index (χ3n) is 3.35. The monoisotopic (exact) mass is 359 g/mol. The molecule has 7 heteroatoms. The second kappa shape index (κ2) is 8.34. The first-order valence-electron chi connectivity index (χ1n) is 7.43. The van der Waals surface area contributed by atoms with E-state index in [1.54, 1.807) is 36.4 Å². The number of benzene rings is 2. The zero-order valence-electron chi connectivity index (χ0n) is 13.5. The maximum Gasteiger partial charge on any atom is 0.335 e. The molecule has 0 saturated carbocycles. The van der Waals surface area contributed by atoms with Gasteiger partial charge >= 0.3 is 5.97 Å². The highest BCUT2D eigenvalue weighted by Gasteiger charge is 2.12. The molecule has 1 atom stereocenters. The SMILES string of the molecule is CC(=O)Nc1ccc(C(=O)CS(=O)Cc2ccc(C(=O)O)cc2)cc1. The Morgan fingerprint density at radius 2 is 1.52 bits per heavy atom. The number of rotatable bonds is 7. The van der Waals surface area contributed by atoms with Crippen molar-refractivity contribution in [2.24, 2.45) is 0 Å². The van der Waals surface area contributed by atoms with Crippen molar-refractivity contribution in [2.45, 2.75) is 12.7 Å². The third-order valence-corrected chi connectivity index (χ3v) is 4.59. The third kappa shape index (κ3) is 5.65. The summed E-state index contributed by atoms with van der Waals surface area (Å²) in [5.41, 5.74) is 1.87. The molecular weight excluding hydrogens is 342 g/mol. The number of hydrogen-bond donors (Lipinski definition) is 2. The molecule has 2 rings (SSSR count). The van der Waals surface area contributed by atoms with Crippen molar-refractivity contribution in [3.8, 4) is 0 Å². The lowest BCUT2D eigenvalue weighted by Gasteiger charge is -2.05. The smallest absolute Gasteiger partial charge is 0.335 e. The fraction of sp³-hybridized carbons (Fsp3) is 0.167. The number of aromatic carboxylic acids is 1. The lowest BCUT2D eigenvalue weighted by Crippen LogP contribution is -2.13. The van der Waals surface area contributed by atoms with E-state index in [1.165, 1.54) is 19.1 Å². The van der Waals surface area contributed by atoms with Gasteiger partial charge in [0.05, 0.1) is 11.3 Å². The zero-order valence-corrected chi connectivity index (χ0v) is 14.3. The minimum Gasteiger partial charge on any atom is -0.478 e. The van der Waals surface area contributed by atoms with E-state index in [1.807, 2.05) is 0 Å². The molecule has 130 valence electrons. The maximum atomic E-state index is 12.2. The number of carboxylic acid groups (broad SMARTS) is 1. The summed E-state index contributed by atoms with van der Waals surface area (Å²) in [6.07, 6.45) is 0. The van der Waals surface area contributed by atoms with Crippen molar-refractivity contribution in [1.29, 1.82) is 0 Å². The highest BCUT2D eigenvalue weighted by molar-refractivity contribution is 7.85. The molecule has 25 heavy (non-hydrogen) atoms. The minimum absolute atomic E-state index is 0.125. The largest absolute Gasteiger partial charge is 0.478 e. The molecule has 0 spiro atoms. The van der Waals surface area contributed by atoms with Gasteiger partial charge in [0.15, 0.2) is 5.78 Å². The molecule has 0 radical (unpaired) electrons. The van der Waals surface area contributed by atoms with Gasteiger partial charge in [0.2, 0.25) is 5.91 Å². The highest BCUT2D eigenvalue weighted by Crippen LogP contribution is 2.12. The lowest BCUT2D eigenvalue weighted by atomic mass is 10.1. The number of ketones is 1. The first kappa shape index (κ1) is 18.5. The Bertz CT molecular complexity index is 812. The summed E-state index contributed by atoms with van der Waals surface area (Å²) in [5, 5.41) is 11.4. The molecule has 0 heterocycles. The molecule has 6 nitrogen and oxygen atoms in total.